The van der Waals surface area contributed by atoms with Gasteiger partial charge in [0.1, 0.15) is 6.61 Å². The van der Waals surface area contributed by atoms with E-state index >= 15 is 0 Å². The molecule has 0 aromatic heterocycles. The van der Waals surface area contributed by atoms with Crippen molar-refractivity contribution >= 4 is 5.97 Å². The first kappa shape index (κ1) is 15.6. The van der Waals surface area contributed by atoms with E-state index in [0.29, 0.717) is 11.1 Å². The van der Waals surface area contributed by atoms with Gasteiger partial charge in [-0.3, -0.25) is 0 Å². The minimum atomic E-state index is -0.364. The van der Waals surface area contributed by atoms with Gasteiger partial charge in [0.25, 0.3) is 0 Å². The molecule has 0 spiro atoms. The number of hydrogen-bond acceptors (Lipinski definition) is 2. The average molecular weight is 312 g/mol. The number of benzene rings is 3. The van der Waals surface area contributed by atoms with Crippen molar-refractivity contribution in [3.05, 3.63) is 107 Å². The largest absolute Gasteiger partial charge is 0.457 e. The summed E-state index contributed by atoms with van der Waals surface area (Å²) in [5.41, 5.74) is 3.01. The summed E-state index contributed by atoms with van der Waals surface area (Å²) in [5, 5.41) is 0. The molecule has 0 saturated heterocycles. The van der Waals surface area contributed by atoms with Crippen molar-refractivity contribution < 1.29 is 9.53 Å². The van der Waals surface area contributed by atoms with Crippen molar-refractivity contribution in [3.8, 4) is 11.8 Å². The predicted molar refractivity (Wildman–Crippen MR) is 94.4 cm³/mol. The first-order chi connectivity index (χ1) is 11.8. The van der Waals surface area contributed by atoms with Crippen LogP contribution in [0.5, 0.6) is 0 Å². The maximum atomic E-state index is 12.4. The van der Waals surface area contributed by atoms with E-state index in [0.717, 1.165) is 11.1 Å². The van der Waals surface area contributed by atoms with Crippen molar-refractivity contribution in [1.29, 1.82) is 0 Å². The number of hydrogen-bond donors (Lipinski definition) is 0. The van der Waals surface area contributed by atoms with Crippen LogP contribution < -0.4 is 0 Å². The standard InChI is InChI=1S/C22H16O2/c23-22(24-17-19-11-5-2-6-12-19)21-14-8-7-13-20(21)16-15-18-9-3-1-4-10-18/h1-14H,17H2. The fraction of sp³-hybridized carbons (Fsp3) is 0.0455. The van der Waals surface area contributed by atoms with E-state index in [-0.39, 0.29) is 12.6 Å². The summed E-state index contributed by atoms with van der Waals surface area (Å²) >= 11 is 0. The van der Waals surface area contributed by atoms with E-state index in [1.807, 2.05) is 78.9 Å². The van der Waals surface area contributed by atoms with Crippen LogP contribution in [-0.2, 0) is 11.3 Å². The Morgan fingerprint density at radius 2 is 1.38 bits per heavy atom. The normalized spacial score (nSPS) is 9.67. The van der Waals surface area contributed by atoms with Crippen LogP contribution in [0.15, 0.2) is 84.9 Å². The molecule has 0 amide bonds. The predicted octanol–water partition coefficient (Wildman–Crippen LogP) is 4.44. The molecular weight excluding hydrogens is 296 g/mol. The third-order valence-corrected chi connectivity index (χ3v) is 3.48. The quantitative estimate of drug-likeness (QED) is 0.528. The molecule has 116 valence electrons. The van der Waals surface area contributed by atoms with Gasteiger partial charge in [-0.25, -0.2) is 4.79 Å². The molecule has 0 fully saturated rings. The second-order valence-corrected chi connectivity index (χ2v) is 5.22. The summed E-state index contributed by atoms with van der Waals surface area (Å²) in [7, 11) is 0. The van der Waals surface area contributed by atoms with E-state index < -0.39 is 0 Å². The van der Waals surface area contributed by atoms with Gasteiger partial charge in [0, 0.05) is 11.1 Å². The Hall–Kier alpha value is -3.31. The number of carbonyl (C=O) groups is 1. The lowest BCUT2D eigenvalue weighted by Crippen LogP contribution is -2.07. The van der Waals surface area contributed by atoms with Crippen molar-refractivity contribution in [2.75, 3.05) is 0 Å². The molecule has 0 N–H and O–H groups in total. The summed E-state index contributed by atoms with van der Waals surface area (Å²) in [6.45, 7) is 0.250. The zero-order valence-corrected chi connectivity index (χ0v) is 13.1. The highest BCUT2D eigenvalue weighted by Gasteiger charge is 2.11. The number of esters is 1. The van der Waals surface area contributed by atoms with Gasteiger partial charge in [0.15, 0.2) is 0 Å². The molecular formula is C22H16O2. The minimum Gasteiger partial charge on any atom is -0.457 e. The molecule has 0 aliphatic heterocycles. The molecule has 3 rings (SSSR count). The molecule has 3 aromatic carbocycles. The monoisotopic (exact) mass is 312 g/mol. The molecule has 2 heteroatoms. The van der Waals surface area contributed by atoms with Crippen molar-refractivity contribution in [3.63, 3.8) is 0 Å². The van der Waals surface area contributed by atoms with Crippen molar-refractivity contribution in [2.45, 2.75) is 6.61 Å². The molecule has 0 aliphatic carbocycles. The molecule has 3 aromatic rings. The Morgan fingerprint density at radius 3 is 2.12 bits per heavy atom. The first-order valence-corrected chi connectivity index (χ1v) is 7.70. The molecule has 0 radical (unpaired) electrons. The Bertz CT molecular complexity index is 872. The maximum absolute atomic E-state index is 12.4. The first-order valence-electron chi connectivity index (χ1n) is 7.70. The third-order valence-electron chi connectivity index (χ3n) is 3.48. The average Bonchev–Trinajstić information content (AvgIpc) is 2.66. The van der Waals surface area contributed by atoms with E-state index in [1.165, 1.54) is 0 Å². The van der Waals surface area contributed by atoms with Crippen molar-refractivity contribution in [1.82, 2.24) is 0 Å². The zero-order valence-electron chi connectivity index (χ0n) is 13.1. The smallest absolute Gasteiger partial charge is 0.339 e. The van der Waals surface area contributed by atoms with E-state index in [1.54, 1.807) is 6.07 Å². The number of carbonyl (C=O) groups excluding carboxylic acids is 1. The van der Waals surface area contributed by atoms with Crippen molar-refractivity contribution in [2.24, 2.45) is 0 Å². The van der Waals surface area contributed by atoms with Crippen LogP contribution in [0, 0.1) is 11.8 Å². The van der Waals surface area contributed by atoms with Gasteiger partial charge in [-0.2, -0.15) is 0 Å². The minimum absolute atomic E-state index is 0.250. The van der Waals surface area contributed by atoms with Gasteiger partial charge in [-0.05, 0) is 29.8 Å². The number of rotatable bonds is 3. The van der Waals surface area contributed by atoms with Crippen LogP contribution in [-0.4, -0.2) is 5.97 Å². The van der Waals surface area contributed by atoms with E-state index in [4.69, 9.17) is 4.74 Å². The fourth-order valence-electron chi connectivity index (χ4n) is 2.23. The van der Waals surface area contributed by atoms with Crippen LogP contribution in [0.2, 0.25) is 0 Å². The van der Waals surface area contributed by atoms with Gasteiger partial charge >= 0.3 is 5.97 Å². The lowest BCUT2D eigenvalue weighted by atomic mass is 10.1. The van der Waals surface area contributed by atoms with Crippen LogP contribution in [0.25, 0.3) is 0 Å². The van der Waals surface area contributed by atoms with Crippen LogP contribution in [0.3, 0.4) is 0 Å². The molecule has 0 aliphatic rings. The Labute approximate surface area is 141 Å². The highest BCUT2D eigenvalue weighted by molar-refractivity contribution is 5.92. The summed E-state index contributed by atoms with van der Waals surface area (Å²) in [6.07, 6.45) is 0. The topological polar surface area (TPSA) is 26.3 Å². The Kier molecular flexibility index (Phi) is 5.07. The lowest BCUT2D eigenvalue weighted by Gasteiger charge is -2.06. The summed E-state index contributed by atoms with van der Waals surface area (Å²) in [4.78, 5) is 12.4. The number of ether oxygens (including phenoxy) is 1. The Morgan fingerprint density at radius 1 is 0.750 bits per heavy atom. The highest BCUT2D eigenvalue weighted by Crippen LogP contribution is 2.11. The van der Waals surface area contributed by atoms with Crippen LogP contribution in [0.4, 0.5) is 0 Å². The van der Waals surface area contributed by atoms with Crippen LogP contribution in [0.1, 0.15) is 27.0 Å². The molecule has 24 heavy (non-hydrogen) atoms. The molecule has 0 atom stereocenters. The van der Waals surface area contributed by atoms with Gasteiger partial charge in [-0.1, -0.05) is 72.5 Å². The molecule has 0 saturated carbocycles. The summed E-state index contributed by atoms with van der Waals surface area (Å²) in [5.74, 6) is 5.77. The molecule has 0 bridgehead atoms. The second kappa shape index (κ2) is 7.80. The third kappa shape index (κ3) is 4.12. The highest BCUT2D eigenvalue weighted by atomic mass is 16.5. The fourth-order valence-corrected chi connectivity index (χ4v) is 2.23. The Balaban J connectivity index is 1.76. The molecule has 0 unspecified atom stereocenters. The second-order valence-electron chi connectivity index (χ2n) is 5.22. The summed E-state index contributed by atoms with van der Waals surface area (Å²) in [6, 6.07) is 26.5. The van der Waals surface area contributed by atoms with Gasteiger partial charge < -0.3 is 4.74 Å². The van der Waals surface area contributed by atoms with Gasteiger partial charge in [0.05, 0.1) is 5.56 Å². The van der Waals surface area contributed by atoms with E-state index in [9.17, 15) is 4.79 Å². The lowest BCUT2D eigenvalue weighted by molar-refractivity contribution is 0.0472. The van der Waals surface area contributed by atoms with Gasteiger partial charge in [-0.15, -0.1) is 0 Å². The van der Waals surface area contributed by atoms with E-state index in [2.05, 4.69) is 11.8 Å². The molecule has 2 nitrogen and oxygen atoms in total. The maximum Gasteiger partial charge on any atom is 0.339 e. The summed E-state index contributed by atoms with van der Waals surface area (Å²) < 4.78 is 5.40. The van der Waals surface area contributed by atoms with Gasteiger partial charge in [0.2, 0.25) is 0 Å². The zero-order chi connectivity index (χ0) is 16.6. The SMILES string of the molecule is O=C(OCc1ccccc1)c1ccccc1C#Cc1ccccc1. The molecule has 0 heterocycles. The van der Waals surface area contributed by atoms with Crippen LogP contribution >= 0.6 is 0 Å².